The first kappa shape index (κ1) is 12.4. The molecule has 0 saturated carbocycles. The number of benzene rings is 1. The summed E-state index contributed by atoms with van der Waals surface area (Å²) in [7, 11) is 2.04. The summed E-state index contributed by atoms with van der Waals surface area (Å²) in [5, 5.41) is 7.04. The van der Waals surface area contributed by atoms with Crippen molar-refractivity contribution in [2.45, 2.75) is 13.0 Å². The van der Waals surface area contributed by atoms with Crippen LogP contribution in [0.25, 0.3) is 10.1 Å². The number of hydrogen-bond donors (Lipinski definition) is 1. The molecule has 3 nitrogen and oxygen atoms in total. The lowest BCUT2D eigenvalue weighted by atomic mass is 10.0. The van der Waals surface area contributed by atoms with Crippen molar-refractivity contribution in [3.8, 4) is 0 Å². The molecule has 0 aliphatic carbocycles. The summed E-state index contributed by atoms with van der Waals surface area (Å²) in [6.45, 7) is 3.07. The molecule has 0 fully saturated rings. The lowest BCUT2D eigenvalue weighted by Crippen LogP contribution is -2.23. The molecule has 98 valence electrons. The van der Waals surface area contributed by atoms with Crippen LogP contribution < -0.4 is 5.32 Å². The van der Waals surface area contributed by atoms with Gasteiger partial charge in [-0.05, 0) is 28.9 Å². The van der Waals surface area contributed by atoms with Gasteiger partial charge in [0, 0.05) is 11.7 Å². The summed E-state index contributed by atoms with van der Waals surface area (Å²) >= 11 is 1.80. The van der Waals surface area contributed by atoms with Gasteiger partial charge in [-0.1, -0.05) is 25.1 Å². The maximum absolute atomic E-state index is 4.24. The van der Waals surface area contributed by atoms with Gasteiger partial charge >= 0.3 is 0 Å². The second-order valence-corrected chi connectivity index (χ2v) is 5.52. The van der Waals surface area contributed by atoms with Crippen molar-refractivity contribution in [3.63, 3.8) is 0 Å². The number of aromatic nitrogens is 2. The third kappa shape index (κ3) is 2.17. The van der Waals surface area contributed by atoms with E-state index < -0.39 is 0 Å². The molecule has 19 heavy (non-hydrogen) atoms. The molecule has 3 aromatic rings. The molecule has 0 aliphatic rings. The molecule has 1 unspecified atom stereocenters. The first-order valence-electron chi connectivity index (χ1n) is 6.47. The molecule has 4 heteroatoms. The summed E-state index contributed by atoms with van der Waals surface area (Å²) in [4.78, 5) is 4.24. The van der Waals surface area contributed by atoms with Crippen molar-refractivity contribution in [2.75, 3.05) is 6.54 Å². The molecule has 2 heterocycles. The van der Waals surface area contributed by atoms with Gasteiger partial charge in [0.05, 0.1) is 24.3 Å². The Labute approximate surface area is 116 Å². The summed E-state index contributed by atoms with van der Waals surface area (Å²) in [6, 6.07) is 8.88. The fraction of sp³-hybridized carbons (Fsp3) is 0.267. The lowest BCUT2D eigenvalue weighted by molar-refractivity contribution is 0.597. The summed E-state index contributed by atoms with van der Waals surface area (Å²) in [5.41, 5.74) is 2.53. The van der Waals surface area contributed by atoms with Crippen molar-refractivity contribution in [3.05, 3.63) is 53.4 Å². The van der Waals surface area contributed by atoms with Crippen LogP contribution in [0.3, 0.4) is 0 Å². The Kier molecular flexibility index (Phi) is 3.36. The van der Waals surface area contributed by atoms with Crippen LogP contribution in [-0.4, -0.2) is 16.1 Å². The quantitative estimate of drug-likeness (QED) is 0.789. The Bertz CT molecular complexity index is 683. The number of nitrogens with zero attached hydrogens (tertiary/aromatic N) is 2. The molecule has 0 aliphatic heterocycles. The van der Waals surface area contributed by atoms with Gasteiger partial charge in [-0.3, -0.25) is 0 Å². The van der Waals surface area contributed by atoms with Crippen molar-refractivity contribution in [1.82, 2.24) is 14.9 Å². The third-order valence-corrected chi connectivity index (χ3v) is 4.36. The molecule has 0 amide bonds. The predicted molar refractivity (Wildman–Crippen MR) is 80.6 cm³/mol. The molecule has 1 aromatic carbocycles. The van der Waals surface area contributed by atoms with E-state index >= 15 is 0 Å². The Morgan fingerprint density at radius 2 is 2.26 bits per heavy atom. The maximum Gasteiger partial charge on any atom is 0.0946 e. The molecule has 0 spiro atoms. The molecule has 0 saturated heterocycles. The van der Waals surface area contributed by atoms with Gasteiger partial charge < -0.3 is 9.88 Å². The fourth-order valence-electron chi connectivity index (χ4n) is 2.47. The SMILES string of the molecule is CCNC(c1cccc2ccsc12)c1cncn1C. The number of hydrogen-bond acceptors (Lipinski definition) is 3. The van der Waals surface area contributed by atoms with E-state index in [0.717, 1.165) is 6.54 Å². The highest BCUT2D eigenvalue weighted by Crippen LogP contribution is 2.32. The summed E-state index contributed by atoms with van der Waals surface area (Å²) in [5.74, 6) is 0. The minimum Gasteiger partial charge on any atom is -0.336 e. The number of fused-ring (bicyclic) bond motifs is 1. The van der Waals surface area contributed by atoms with Crippen LogP contribution in [0.5, 0.6) is 0 Å². The predicted octanol–water partition coefficient (Wildman–Crippen LogP) is 3.33. The topological polar surface area (TPSA) is 29.9 Å². The van der Waals surface area contributed by atoms with E-state index in [4.69, 9.17) is 0 Å². The minimum atomic E-state index is 0.194. The lowest BCUT2D eigenvalue weighted by Gasteiger charge is -2.19. The second-order valence-electron chi connectivity index (χ2n) is 4.61. The average Bonchev–Trinajstić information content (AvgIpc) is 3.04. The Hall–Kier alpha value is -1.65. The third-order valence-electron chi connectivity index (χ3n) is 3.38. The van der Waals surface area contributed by atoms with Crippen LogP contribution in [0.4, 0.5) is 0 Å². The zero-order chi connectivity index (χ0) is 13.2. The normalized spacial score (nSPS) is 12.9. The largest absolute Gasteiger partial charge is 0.336 e. The second kappa shape index (κ2) is 5.15. The number of aryl methyl sites for hydroxylation is 1. The minimum absolute atomic E-state index is 0.194. The number of thiophene rings is 1. The van der Waals surface area contributed by atoms with Gasteiger partial charge in [0.2, 0.25) is 0 Å². The van der Waals surface area contributed by atoms with Gasteiger partial charge in [-0.25, -0.2) is 4.98 Å². The van der Waals surface area contributed by atoms with Gasteiger partial charge in [0.1, 0.15) is 0 Å². The van der Waals surface area contributed by atoms with E-state index in [9.17, 15) is 0 Å². The van der Waals surface area contributed by atoms with E-state index in [1.165, 1.54) is 21.3 Å². The highest BCUT2D eigenvalue weighted by molar-refractivity contribution is 7.17. The van der Waals surface area contributed by atoms with Gasteiger partial charge in [0.25, 0.3) is 0 Å². The zero-order valence-corrected chi connectivity index (χ0v) is 11.9. The maximum atomic E-state index is 4.24. The molecule has 3 rings (SSSR count). The van der Waals surface area contributed by atoms with E-state index in [1.54, 1.807) is 11.3 Å². The highest BCUT2D eigenvalue weighted by Gasteiger charge is 2.18. The van der Waals surface area contributed by atoms with E-state index in [1.807, 2.05) is 19.6 Å². The van der Waals surface area contributed by atoms with Crippen LogP contribution in [0.1, 0.15) is 24.2 Å². The van der Waals surface area contributed by atoms with Crippen molar-refractivity contribution in [1.29, 1.82) is 0 Å². The molecule has 2 aromatic heterocycles. The average molecular weight is 271 g/mol. The molecular weight excluding hydrogens is 254 g/mol. The van der Waals surface area contributed by atoms with E-state index in [-0.39, 0.29) is 6.04 Å². The molecule has 0 radical (unpaired) electrons. The first-order valence-corrected chi connectivity index (χ1v) is 7.35. The summed E-state index contributed by atoms with van der Waals surface area (Å²) < 4.78 is 3.44. The van der Waals surface area contributed by atoms with Crippen LogP contribution >= 0.6 is 11.3 Å². The zero-order valence-electron chi connectivity index (χ0n) is 11.1. The van der Waals surface area contributed by atoms with Crippen molar-refractivity contribution in [2.24, 2.45) is 7.05 Å². The molecule has 1 atom stereocenters. The van der Waals surface area contributed by atoms with Crippen LogP contribution in [0.15, 0.2) is 42.2 Å². The van der Waals surface area contributed by atoms with Crippen LogP contribution in [0.2, 0.25) is 0 Å². The Morgan fingerprint density at radius 1 is 1.37 bits per heavy atom. The van der Waals surface area contributed by atoms with Gasteiger partial charge in [-0.15, -0.1) is 11.3 Å². The first-order chi connectivity index (χ1) is 9.31. The molecular formula is C15H17N3S. The fourth-order valence-corrected chi connectivity index (χ4v) is 3.41. The monoisotopic (exact) mass is 271 g/mol. The molecule has 0 bridgehead atoms. The smallest absolute Gasteiger partial charge is 0.0946 e. The number of nitrogens with one attached hydrogen (secondary N) is 1. The van der Waals surface area contributed by atoms with Crippen LogP contribution in [-0.2, 0) is 7.05 Å². The number of rotatable bonds is 4. The summed E-state index contributed by atoms with van der Waals surface area (Å²) in [6.07, 6.45) is 3.80. The van der Waals surface area contributed by atoms with Crippen LogP contribution in [0, 0.1) is 0 Å². The number of imidazole rings is 1. The van der Waals surface area contributed by atoms with Gasteiger partial charge in [-0.2, -0.15) is 0 Å². The molecule has 1 N–H and O–H groups in total. The van der Waals surface area contributed by atoms with E-state index in [2.05, 4.69) is 51.4 Å². The standard InChI is InChI=1S/C15H17N3S/c1-3-17-14(13-9-16-10-18(13)2)12-6-4-5-11-7-8-19-15(11)12/h4-10,14,17H,3H2,1-2H3. The van der Waals surface area contributed by atoms with Crippen molar-refractivity contribution >= 4 is 21.4 Å². The Morgan fingerprint density at radius 3 is 3.00 bits per heavy atom. The van der Waals surface area contributed by atoms with E-state index in [0.29, 0.717) is 0 Å². The Balaban J connectivity index is 2.15. The van der Waals surface area contributed by atoms with Crippen molar-refractivity contribution < 1.29 is 0 Å². The van der Waals surface area contributed by atoms with Gasteiger partial charge in [0.15, 0.2) is 0 Å². The highest BCUT2D eigenvalue weighted by atomic mass is 32.1.